The van der Waals surface area contributed by atoms with E-state index in [1.54, 1.807) is 49.5 Å². The van der Waals surface area contributed by atoms with Crippen LogP contribution in [-0.2, 0) is 0 Å². The van der Waals surface area contributed by atoms with Gasteiger partial charge in [-0.3, -0.25) is 9.59 Å². The lowest BCUT2D eigenvalue weighted by molar-refractivity contribution is 0.0718. The van der Waals surface area contributed by atoms with Crippen LogP contribution in [0.4, 0.5) is 0 Å². The quantitative estimate of drug-likeness (QED) is 0.489. The minimum atomic E-state index is -0.616. The van der Waals surface area contributed by atoms with Crippen molar-refractivity contribution in [3.63, 3.8) is 0 Å². The summed E-state index contributed by atoms with van der Waals surface area (Å²) in [4.78, 5) is 31.2. The Morgan fingerprint density at radius 1 is 1.00 bits per heavy atom. The van der Waals surface area contributed by atoms with Crippen molar-refractivity contribution in [2.75, 3.05) is 40.4 Å². The first kappa shape index (κ1) is 22.9. The number of fused-ring (bicyclic) bond motifs is 2. The van der Waals surface area contributed by atoms with Crippen LogP contribution in [0.2, 0.25) is 0 Å². The van der Waals surface area contributed by atoms with Crippen molar-refractivity contribution in [2.24, 2.45) is 0 Å². The standard InChI is InChI=1S/C26H30N2O5/c1-5-27(6-2)15-10-16-28-22(18-12-9-14-20(31-3)24(18)32-4)21-23(29)17-11-7-8-13-19(17)33-25(21)26(28)30/h7-9,11-14,22H,5-6,10,15-16H2,1-4H3/t22-/m0/s1. The van der Waals surface area contributed by atoms with Gasteiger partial charge in [-0.1, -0.05) is 38.1 Å². The summed E-state index contributed by atoms with van der Waals surface area (Å²) in [5.41, 5.74) is 1.28. The molecule has 0 N–H and O–H groups in total. The molecule has 0 fully saturated rings. The molecule has 0 aliphatic carbocycles. The average Bonchev–Trinajstić information content (AvgIpc) is 3.12. The summed E-state index contributed by atoms with van der Waals surface area (Å²) in [7, 11) is 3.13. The third-order valence-corrected chi connectivity index (χ3v) is 6.37. The van der Waals surface area contributed by atoms with Crippen LogP contribution in [0.15, 0.2) is 51.7 Å². The van der Waals surface area contributed by atoms with Crippen molar-refractivity contribution in [1.82, 2.24) is 9.80 Å². The first-order chi connectivity index (χ1) is 16.0. The second kappa shape index (κ2) is 9.67. The minimum absolute atomic E-state index is 0.108. The fraction of sp³-hybridized carbons (Fsp3) is 0.385. The number of carbonyl (C=O) groups is 1. The molecule has 0 saturated carbocycles. The topological polar surface area (TPSA) is 72.2 Å². The summed E-state index contributed by atoms with van der Waals surface area (Å²) in [5, 5.41) is 0.459. The lowest BCUT2D eigenvalue weighted by Crippen LogP contribution is -2.33. The van der Waals surface area contributed by atoms with E-state index in [1.165, 1.54) is 0 Å². The number of hydrogen-bond acceptors (Lipinski definition) is 6. The van der Waals surface area contributed by atoms with Crippen LogP contribution in [0.25, 0.3) is 11.0 Å². The molecule has 1 aromatic heterocycles. The smallest absolute Gasteiger partial charge is 0.290 e. The highest BCUT2D eigenvalue weighted by atomic mass is 16.5. The molecule has 0 saturated heterocycles. The molecule has 0 unspecified atom stereocenters. The van der Waals surface area contributed by atoms with E-state index in [0.717, 1.165) is 26.1 Å². The van der Waals surface area contributed by atoms with E-state index < -0.39 is 6.04 Å². The number of ether oxygens (including phenoxy) is 2. The Balaban J connectivity index is 1.86. The largest absolute Gasteiger partial charge is 0.493 e. The lowest BCUT2D eigenvalue weighted by atomic mass is 9.97. The molecule has 0 bridgehead atoms. The van der Waals surface area contributed by atoms with Gasteiger partial charge in [-0.05, 0) is 44.3 Å². The number of amides is 1. The van der Waals surface area contributed by atoms with Gasteiger partial charge in [0.25, 0.3) is 5.91 Å². The molecular weight excluding hydrogens is 420 g/mol. The minimum Gasteiger partial charge on any atom is -0.493 e. The number of nitrogens with zero attached hydrogens (tertiary/aromatic N) is 2. The Hall–Kier alpha value is -3.32. The molecule has 33 heavy (non-hydrogen) atoms. The summed E-state index contributed by atoms with van der Waals surface area (Å²) in [5.74, 6) is 0.884. The zero-order valence-corrected chi connectivity index (χ0v) is 19.6. The average molecular weight is 451 g/mol. The molecule has 7 heteroatoms. The zero-order chi connectivity index (χ0) is 23.5. The second-order valence-corrected chi connectivity index (χ2v) is 8.03. The van der Waals surface area contributed by atoms with E-state index in [2.05, 4.69) is 18.7 Å². The maximum Gasteiger partial charge on any atom is 0.290 e. The first-order valence-electron chi connectivity index (χ1n) is 11.4. The van der Waals surface area contributed by atoms with E-state index in [4.69, 9.17) is 13.9 Å². The van der Waals surface area contributed by atoms with Crippen LogP contribution in [0, 0.1) is 0 Å². The van der Waals surface area contributed by atoms with E-state index in [1.807, 2.05) is 12.1 Å². The molecule has 2 heterocycles. The molecule has 1 amide bonds. The molecule has 0 spiro atoms. The molecule has 4 rings (SSSR count). The van der Waals surface area contributed by atoms with E-state index in [0.29, 0.717) is 40.1 Å². The van der Waals surface area contributed by atoms with Crippen LogP contribution >= 0.6 is 0 Å². The number of para-hydroxylation sites is 2. The predicted molar refractivity (Wildman–Crippen MR) is 127 cm³/mol. The summed E-state index contributed by atoms with van der Waals surface area (Å²) in [6.07, 6.45) is 0.776. The highest BCUT2D eigenvalue weighted by Gasteiger charge is 2.44. The van der Waals surface area contributed by atoms with Crippen LogP contribution < -0.4 is 14.9 Å². The molecule has 2 aromatic carbocycles. The van der Waals surface area contributed by atoms with Crippen molar-refractivity contribution in [1.29, 1.82) is 0 Å². The maximum atomic E-state index is 13.6. The molecule has 3 aromatic rings. The SMILES string of the molecule is CCN(CC)CCCN1C(=O)c2oc3ccccc3c(=O)c2[C@@H]1c1cccc(OC)c1OC. The Bertz CT molecular complexity index is 1220. The predicted octanol–water partition coefficient (Wildman–Crippen LogP) is 4.09. The maximum absolute atomic E-state index is 13.6. The summed E-state index contributed by atoms with van der Waals surface area (Å²) in [6, 6.07) is 11.9. The fourth-order valence-corrected chi connectivity index (χ4v) is 4.65. The Kier molecular flexibility index (Phi) is 6.70. The number of rotatable bonds is 9. The molecule has 1 atom stereocenters. The number of benzene rings is 2. The third kappa shape index (κ3) is 3.97. The second-order valence-electron chi connectivity index (χ2n) is 8.03. The van der Waals surface area contributed by atoms with Gasteiger partial charge >= 0.3 is 0 Å². The van der Waals surface area contributed by atoms with Gasteiger partial charge in [-0.15, -0.1) is 0 Å². The van der Waals surface area contributed by atoms with Crippen molar-refractivity contribution in [3.05, 3.63) is 69.6 Å². The van der Waals surface area contributed by atoms with Gasteiger partial charge in [-0.2, -0.15) is 0 Å². The summed E-state index contributed by atoms with van der Waals surface area (Å²) < 4.78 is 17.2. The van der Waals surface area contributed by atoms with Gasteiger partial charge in [-0.25, -0.2) is 0 Å². The van der Waals surface area contributed by atoms with Crippen LogP contribution in [0.5, 0.6) is 11.5 Å². The highest BCUT2D eigenvalue weighted by Crippen LogP contribution is 2.44. The molecular formula is C26H30N2O5. The van der Waals surface area contributed by atoms with Crippen molar-refractivity contribution in [3.8, 4) is 11.5 Å². The Morgan fingerprint density at radius 2 is 1.76 bits per heavy atom. The molecule has 1 aliphatic rings. The van der Waals surface area contributed by atoms with Crippen LogP contribution in [0.1, 0.15) is 48.0 Å². The van der Waals surface area contributed by atoms with E-state index in [-0.39, 0.29) is 17.1 Å². The Labute approximate surface area is 193 Å². The van der Waals surface area contributed by atoms with E-state index >= 15 is 0 Å². The molecule has 0 radical (unpaired) electrons. The number of carbonyl (C=O) groups excluding carboxylic acids is 1. The first-order valence-corrected chi connectivity index (χ1v) is 11.4. The fourth-order valence-electron chi connectivity index (χ4n) is 4.65. The van der Waals surface area contributed by atoms with Crippen molar-refractivity contribution < 1.29 is 18.7 Å². The van der Waals surface area contributed by atoms with Gasteiger partial charge in [0, 0.05) is 12.1 Å². The normalized spacial score (nSPS) is 15.4. The third-order valence-electron chi connectivity index (χ3n) is 6.37. The summed E-state index contributed by atoms with van der Waals surface area (Å²) >= 11 is 0. The monoisotopic (exact) mass is 450 g/mol. The van der Waals surface area contributed by atoms with Gasteiger partial charge in [0.1, 0.15) is 5.58 Å². The van der Waals surface area contributed by atoms with Gasteiger partial charge in [0.15, 0.2) is 16.9 Å². The van der Waals surface area contributed by atoms with Crippen molar-refractivity contribution >= 4 is 16.9 Å². The summed E-state index contributed by atoms with van der Waals surface area (Å²) in [6.45, 7) is 7.49. The number of hydrogen-bond donors (Lipinski definition) is 0. The van der Waals surface area contributed by atoms with E-state index in [9.17, 15) is 9.59 Å². The lowest BCUT2D eigenvalue weighted by Gasteiger charge is -2.28. The molecule has 7 nitrogen and oxygen atoms in total. The Morgan fingerprint density at radius 3 is 2.45 bits per heavy atom. The van der Waals surface area contributed by atoms with Gasteiger partial charge in [0.05, 0.1) is 31.2 Å². The van der Waals surface area contributed by atoms with Gasteiger partial charge in [0.2, 0.25) is 5.76 Å². The highest BCUT2D eigenvalue weighted by molar-refractivity contribution is 5.99. The molecule has 174 valence electrons. The van der Waals surface area contributed by atoms with Crippen LogP contribution in [-0.4, -0.2) is 56.1 Å². The zero-order valence-electron chi connectivity index (χ0n) is 19.6. The van der Waals surface area contributed by atoms with Crippen LogP contribution in [0.3, 0.4) is 0 Å². The van der Waals surface area contributed by atoms with Gasteiger partial charge < -0.3 is 23.7 Å². The van der Waals surface area contributed by atoms with Crippen molar-refractivity contribution in [2.45, 2.75) is 26.3 Å². The number of methoxy groups -OCH3 is 2. The molecule has 1 aliphatic heterocycles.